The highest BCUT2D eigenvalue weighted by atomic mass is 16.6. The van der Waals surface area contributed by atoms with Crippen molar-refractivity contribution >= 4 is 11.6 Å². The van der Waals surface area contributed by atoms with E-state index in [0.717, 1.165) is 11.3 Å². The van der Waals surface area contributed by atoms with Gasteiger partial charge in [0.2, 0.25) is 0 Å². The maximum absolute atomic E-state index is 11.7. The Morgan fingerprint density at radius 2 is 2.05 bits per heavy atom. The van der Waals surface area contributed by atoms with Crippen LogP contribution >= 0.6 is 0 Å². The molecule has 0 amide bonds. The second-order valence-corrected chi connectivity index (χ2v) is 4.16. The van der Waals surface area contributed by atoms with Crippen LogP contribution < -0.4 is 15.1 Å². The maximum Gasteiger partial charge on any atom is 0.297 e. The van der Waals surface area contributed by atoms with Gasteiger partial charge < -0.3 is 9.84 Å². The lowest BCUT2D eigenvalue weighted by molar-refractivity contribution is -0.716. The lowest BCUT2D eigenvalue weighted by Gasteiger charge is -2.05. The van der Waals surface area contributed by atoms with Gasteiger partial charge in [-0.1, -0.05) is 22.7 Å². The molecule has 0 saturated carbocycles. The zero-order valence-corrected chi connectivity index (χ0v) is 10.6. The van der Waals surface area contributed by atoms with Crippen molar-refractivity contribution in [1.29, 1.82) is 0 Å². The summed E-state index contributed by atoms with van der Waals surface area (Å²) >= 11 is 0. The molecule has 3 aromatic rings. The minimum Gasteiger partial charge on any atom is -0.616 e. The highest BCUT2D eigenvalue weighted by molar-refractivity contribution is 5.49. The highest BCUT2D eigenvalue weighted by Gasteiger charge is 2.18. The first kappa shape index (κ1) is 11.5. The summed E-state index contributed by atoms with van der Waals surface area (Å²) in [6.45, 7) is 1.83. The molecule has 0 aliphatic heterocycles. The van der Waals surface area contributed by atoms with Crippen molar-refractivity contribution in [1.82, 2.24) is 14.8 Å². The lowest BCUT2D eigenvalue weighted by Crippen LogP contribution is -2.36. The van der Waals surface area contributed by atoms with E-state index in [1.165, 1.54) is 11.9 Å². The Bertz CT molecular complexity index is 780. The van der Waals surface area contributed by atoms with Crippen molar-refractivity contribution in [2.24, 2.45) is 0 Å². The van der Waals surface area contributed by atoms with Crippen LogP contribution in [-0.2, 0) is 4.74 Å². The molecule has 0 saturated heterocycles. The van der Waals surface area contributed by atoms with Crippen molar-refractivity contribution < 1.29 is 14.6 Å². The Balaban J connectivity index is 2.27. The zero-order valence-electron chi connectivity index (χ0n) is 10.6. The van der Waals surface area contributed by atoms with Crippen molar-refractivity contribution in [3.63, 3.8) is 0 Å². The van der Waals surface area contributed by atoms with Crippen LogP contribution in [0.25, 0.3) is 17.3 Å². The first-order valence-electron chi connectivity index (χ1n) is 5.79. The number of methoxy groups -OCH3 is 1. The molecule has 2 heterocycles. The molecule has 19 heavy (non-hydrogen) atoms. The second kappa shape index (κ2) is 4.24. The summed E-state index contributed by atoms with van der Waals surface area (Å²) in [6.07, 6.45) is 1.76. The van der Waals surface area contributed by atoms with Gasteiger partial charge in [-0.05, 0) is 31.3 Å². The third kappa shape index (κ3) is 1.77. The van der Waals surface area contributed by atoms with Gasteiger partial charge in [-0.2, -0.15) is 0 Å². The first-order chi connectivity index (χ1) is 9.20. The summed E-state index contributed by atoms with van der Waals surface area (Å²) < 4.78 is 6.35. The molecule has 0 unspecified atom stereocenters. The number of aromatic nitrogens is 4. The van der Waals surface area contributed by atoms with Crippen LogP contribution in [-0.4, -0.2) is 21.9 Å². The topological polar surface area (TPSA) is 66.4 Å². The van der Waals surface area contributed by atoms with Crippen molar-refractivity contribution in [3.05, 3.63) is 47.3 Å². The molecule has 96 valence electrons. The molecular formula is C13H12N4O2. The van der Waals surface area contributed by atoms with Gasteiger partial charge in [-0.25, -0.2) is 0 Å². The number of aryl methyl sites for hydroxylation is 1. The molecule has 0 aliphatic rings. The Morgan fingerprint density at radius 1 is 1.32 bits per heavy atom. The minimum atomic E-state index is -0.403. The Labute approximate surface area is 109 Å². The van der Waals surface area contributed by atoms with E-state index in [4.69, 9.17) is 4.74 Å². The second-order valence-electron chi connectivity index (χ2n) is 4.16. The van der Waals surface area contributed by atoms with E-state index >= 15 is 0 Å². The number of hydrogen-bond donors (Lipinski definition) is 0. The Morgan fingerprint density at radius 3 is 2.74 bits per heavy atom. The van der Waals surface area contributed by atoms with Gasteiger partial charge in [-0.3, -0.25) is 0 Å². The molecule has 0 aliphatic carbocycles. The van der Waals surface area contributed by atoms with E-state index < -0.39 is 5.95 Å². The Hall–Kier alpha value is -2.63. The van der Waals surface area contributed by atoms with Crippen LogP contribution in [0.1, 0.15) is 5.56 Å². The molecule has 3 rings (SSSR count). The average Bonchev–Trinajstić information content (AvgIpc) is 2.95. The molecule has 0 spiro atoms. The summed E-state index contributed by atoms with van der Waals surface area (Å²) in [5, 5.41) is 20.8. The number of fused-ring (bicyclic) bond motifs is 1. The standard InChI is InChI=1S/C13H12N4O2/c1-9-8-16-12(11(9)13(18)19-2)14-17(15-16)10-6-4-3-5-7-10/h3-8H,1-2H3. The van der Waals surface area contributed by atoms with Gasteiger partial charge in [-0.15, -0.1) is 0 Å². The molecule has 0 radical (unpaired) electrons. The molecule has 0 atom stereocenters. The van der Waals surface area contributed by atoms with Gasteiger partial charge in [0.05, 0.1) is 11.2 Å². The van der Waals surface area contributed by atoms with Crippen LogP contribution in [0.5, 0.6) is 0 Å². The Kier molecular flexibility index (Phi) is 2.56. The molecule has 6 nitrogen and oxygen atoms in total. The molecule has 1 aromatic carbocycles. The van der Waals surface area contributed by atoms with E-state index in [0.29, 0.717) is 10.9 Å². The average molecular weight is 256 g/mol. The van der Waals surface area contributed by atoms with Crippen LogP contribution in [0, 0.1) is 6.92 Å². The fourth-order valence-electron chi connectivity index (χ4n) is 1.99. The van der Waals surface area contributed by atoms with Gasteiger partial charge >= 0.3 is 0 Å². The number of benzene rings is 1. The molecular weight excluding hydrogens is 244 g/mol. The number of para-hydroxylation sites is 1. The lowest BCUT2D eigenvalue weighted by atomic mass is 10.3. The minimum absolute atomic E-state index is 0.403. The monoisotopic (exact) mass is 256 g/mol. The number of ether oxygens (including phenoxy) is 1. The predicted octanol–water partition coefficient (Wildman–Crippen LogP) is -0.894. The van der Waals surface area contributed by atoms with Crippen LogP contribution in [0.2, 0.25) is 0 Å². The summed E-state index contributed by atoms with van der Waals surface area (Å²) in [6, 6.07) is 9.51. The fourth-order valence-corrected chi connectivity index (χ4v) is 1.99. The molecule has 0 fully saturated rings. The van der Waals surface area contributed by atoms with E-state index in [1.54, 1.807) is 10.7 Å². The summed E-state index contributed by atoms with van der Waals surface area (Å²) in [7, 11) is 1.35. The van der Waals surface area contributed by atoms with Gasteiger partial charge in [0.1, 0.15) is 11.4 Å². The van der Waals surface area contributed by atoms with Crippen molar-refractivity contribution in [3.8, 4) is 5.69 Å². The van der Waals surface area contributed by atoms with E-state index in [2.05, 4.69) is 10.3 Å². The molecule has 6 heteroatoms. The van der Waals surface area contributed by atoms with Crippen molar-refractivity contribution in [2.45, 2.75) is 6.92 Å². The van der Waals surface area contributed by atoms with Crippen LogP contribution in [0.4, 0.5) is 0 Å². The van der Waals surface area contributed by atoms with E-state index in [1.807, 2.05) is 37.3 Å². The number of tetrazole rings is 1. The van der Waals surface area contributed by atoms with Gasteiger partial charge in [0, 0.05) is 10.4 Å². The SMILES string of the molecule is CO/C([O-])=c1\c(C)cn2n[n+](-c3ccccc3)nc12. The predicted molar refractivity (Wildman–Crippen MR) is 64.9 cm³/mol. The number of hydrogen-bond acceptors (Lipinski definition) is 4. The third-order valence-electron chi connectivity index (χ3n) is 2.90. The quantitative estimate of drug-likeness (QED) is 0.558. The highest BCUT2D eigenvalue weighted by Crippen LogP contribution is 2.00. The third-order valence-corrected chi connectivity index (χ3v) is 2.90. The zero-order chi connectivity index (χ0) is 13.4. The maximum atomic E-state index is 11.7. The van der Waals surface area contributed by atoms with E-state index in [9.17, 15) is 5.11 Å². The van der Waals surface area contributed by atoms with Crippen LogP contribution in [0.3, 0.4) is 0 Å². The summed E-state index contributed by atoms with van der Waals surface area (Å²) in [5.74, 6) is -0.403. The van der Waals surface area contributed by atoms with E-state index in [-0.39, 0.29) is 0 Å². The fraction of sp³-hybridized carbons (Fsp3) is 0.154. The normalized spacial score (nSPS) is 12.7. The molecule has 2 aromatic heterocycles. The smallest absolute Gasteiger partial charge is 0.297 e. The van der Waals surface area contributed by atoms with Gasteiger partial charge in [0.15, 0.2) is 5.69 Å². The van der Waals surface area contributed by atoms with Crippen LogP contribution in [0.15, 0.2) is 36.5 Å². The molecule has 0 N–H and O–H groups in total. The number of nitrogens with zero attached hydrogens (tertiary/aromatic N) is 4. The summed E-state index contributed by atoms with van der Waals surface area (Å²) in [5.41, 5.74) is 2.12. The summed E-state index contributed by atoms with van der Waals surface area (Å²) in [4.78, 5) is 1.49. The number of rotatable bonds is 2. The largest absolute Gasteiger partial charge is 0.616 e. The first-order valence-corrected chi connectivity index (χ1v) is 5.79. The van der Waals surface area contributed by atoms with Gasteiger partial charge in [0.25, 0.3) is 5.65 Å². The van der Waals surface area contributed by atoms with Crippen molar-refractivity contribution in [2.75, 3.05) is 7.11 Å². The molecule has 0 bridgehead atoms.